The van der Waals surface area contributed by atoms with Crippen molar-refractivity contribution >= 4 is 11.8 Å². The third-order valence-electron chi connectivity index (χ3n) is 1.43. The molecule has 0 unspecified atom stereocenters. The van der Waals surface area contributed by atoms with Gasteiger partial charge in [-0.3, -0.25) is 9.59 Å². The van der Waals surface area contributed by atoms with Gasteiger partial charge >= 0.3 is 5.97 Å². The monoisotopic (exact) mass is 158 g/mol. The molecule has 3 heteroatoms. The van der Waals surface area contributed by atoms with Gasteiger partial charge in [-0.25, -0.2) is 0 Å². The fourth-order valence-corrected chi connectivity index (χ4v) is 0.971. The Hall–Kier alpha value is -0.860. The summed E-state index contributed by atoms with van der Waals surface area (Å²) in [6, 6.07) is 0. The van der Waals surface area contributed by atoms with Crippen molar-refractivity contribution in [3.05, 3.63) is 0 Å². The third-order valence-corrected chi connectivity index (χ3v) is 1.43. The van der Waals surface area contributed by atoms with Crippen LogP contribution in [0.5, 0.6) is 0 Å². The van der Waals surface area contributed by atoms with E-state index in [2.05, 4.69) is 4.74 Å². The van der Waals surface area contributed by atoms with Crippen LogP contribution in [0.25, 0.3) is 0 Å². The molecule has 0 N–H and O–H groups in total. The number of Topliss-reactive ketones (excluding diaryl/α,β-unsaturated/α-hetero) is 1. The zero-order valence-electron chi connectivity index (χ0n) is 7.43. The van der Waals surface area contributed by atoms with E-state index in [4.69, 9.17) is 0 Å². The van der Waals surface area contributed by atoms with Crippen LogP contribution >= 0.6 is 0 Å². The van der Waals surface area contributed by atoms with E-state index in [9.17, 15) is 9.59 Å². The molecule has 0 radical (unpaired) electrons. The lowest BCUT2D eigenvalue weighted by Gasteiger charge is -2.18. The van der Waals surface area contributed by atoms with E-state index in [0.717, 1.165) is 0 Å². The van der Waals surface area contributed by atoms with Gasteiger partial charge in [-0.15, -0.1) is 0 Å². The Bertz CT molecular complexity index is 170. The number of esters is 1. The Morgan fingerprint density at radius 2 is 1.82 bits per heavy atom. The summed E-state index contributed by atoms with van der Waals surface area (Å²) in [4.78, 5) is 21.7. The minimum absolute atomic E-state index is 0.000370. The van der Waals surface area contributed by atoms with Crippen molar-refractivity contribution in [3.8, 4) is 0 Å². The minimum Gasteiger partial charge on any atom is -0.469 e. The summed E-state index contributed by atoms with van der Waals surface area (Å²) in [5.74, 6) is -0.340. The first-order valence-corrected chi connectivity index (χ1v) is 3.48. The van der Waals surface area contributed by atoms with Crippen LogP contribution in [-0.2, 0) is 14.3 Å². The summed E-state index contributed by atoms with van der Waals surface area (Å²) in [5, 5.41) is 0. The lowest BCUT2D eigenvalue weighted by molar-refractivity contribution is -0.152. The molecular weight excluding hydrogens is 144 g/mol. The van der Waals surface area contributed by atoms with Gasteiger partial charge < -0.3 is 4.74 Å². The third kappa shape index (κ3) is 3.16. The molecule has 64 valence electrons. The first-order chi connectivity index (χ1) is 4.90. The fourth-order valence-electron chi connectivity index (χ4n) is 0.971. The fraction of sp³-hybridized carbons (Fsp3) is 0.750. The average Bonchev–Trinajstić information content (AvgIpc) is 1.83. The van der Waals surface area contributed by atoms with Gasteiger partial charge in [-0.1, -0.05) is 0 Å². The van der Waals surface area contributed by atoms with E-state index in [1.807, 2.05) is 0 Å². The van der Waals surface area contributed by atoms with Crippen molar-refractivity contribution in [2.75, 3.05) is 7.11 Å². The van der Waals surface area contributed by atoms with Crippen molar-refractivity contribution < 1.29 is 14.3 Å². The lowest BCUT2D eigenvalue weighted by atomic mass is 9.88. The number of methoxy groups -OCH3 is 1. The number of hydrogen-bond donors (Lipinski definition) is 0. The molecule has 0 aromatic carbocycles. The van der Waals surface area contributed by atoms with Crippen LogP contribution < -0.4 is 0 Å². The summed E-state index contributed by atoms with van der Waals surface area (Å²) >= 11 is 0. The maximum absolute atomic E-state index is 11.0. The van der Waals surface area contributed by atoms with E-state index in [1.165, 1.54) is 14.0 Å². The first kappa shape index (κ1) is 10.1. The molecule has 11 heavy (non-hydrogen) atoms. The van der Waals surface area contributed by atoms with Gasteiger partial charge in [0.2, 0.25) is 0 Å². The van der Waals surface area contributed by atoms with E-state index < -0.39 is 5.41 Å². The summed E-state index contributed by atoms with van der Waals surface area (Å²) in [7, 11) is 1.32. The molecule has 3 nitrogen and oxygen atoms in total. The van der Waals surface area contributed by atoms with Gasteiger partial charge in [-0.05, 0) is 20.8 Å². The highest BCUT2D eigenvalue weighted by Gasteiger charge is 2.29. The maximum Gasteiger partial charge on any atom is 0.311 e. The molecule has 0 rings (SSSR count). The highest BCUT2D eigenvalue weighted by Crippen LogP contribution is 2.21. The molecule has 0 heterocycles. The quantitative estimate of drug-likeness (QED) is 0.579. The van der Waals surface area contributed by atoms with Crippen molar-refractivity contribution in [3.63, 3.8) is 0 Å². The summed E-state index contributed by atoms with van der Waals surface area (Å²) in [6.07, 6.45) is 0.236. The zero-order valence-corrected chi connectivity index (χ0v) is 7.43. The number of hydrogen-bond acceptors (Lipinski definition) is 3. The second-order valence-corrected chi connectivity index (χ2v) is 3.25. The molecule has 0 aromatic heterocycles. The van der Waals surface area contributed by atoms with Crippen LogP contribution in [0.2, 0.25) is 0 Å². The van der Waals surface area contributed by atoms with Crippen LogP contribution in [0.15, 0.2) is 0 Å². The highest BCUT2D eigenvalue weighted by atomic mass is 16.5. The molecule has 0 aromatic rings. The number of carbonyl (C=O) groups excluding carboxylic acids is 2. The van der Waals surface area contributed by atoms with Gasteiger partial charge in [0.25, 0.3) is 0 Å². The average molecular weight is 158 g/mol. The predicted octanol–water partition coefficient (Wildman–Crippen LogP) is 1.16. The Balaban J connectivity index is 4.21. The molecule has 0 atom stereocenters. The normalized spacial score (nSPS) is 10.9. The van der Waals surface area contributed by atoms with E-state index in [1.54, 1.807) is 13.8 Å². The Labute approximate surface area is 66.7 Å². The van der Waals surface area contributed by atoms with Crippen molar-refractivity contribution in [1.29, 1.82) is 0 Å². The van der Waals surface area contributed by atoms with Crippen LogP contribution in [-0.4, -0.2) is 18.9 Å². The maximum atomic E-state index is 11.0. The van der Waals surface area contributed by atoms with Crippen molar-refractivity contribution in [2.45, 2.75) is 27.2 Å². The molecule has 0 aliphatic rings. The molecule has 0 bridgehead atoms. The van der Waals surface area contributed by atoms with Gasteiger partial charge in [0.15, 0.2) is 0 Å². The van der Waals surface area contributed by atoms with E-state index >= 15 is 0 Å². The Kier molecular flexibility index (Phi) is 3.23. The number of ether oxygens (including phenoxy) is 1. The summed E-state index contributed by atoms with van der Waals surface area (Å²) < 4.78 is 4.52. The second-order valence-electron chi connectivity index (χ2n) is 3.25. The van der Waals surface area contributed by atoms with Crippen LogP contribution in [0.3, 0.4) is 0 Å². The summed E-state index contributed by atoms with van der Waals surface area (Å²) in [5.41, 5.74) is -0.680. The summed E-state index contributed by atoms with van der Waals surface area (Å²) in [6.45, 7) is 4.85. The molecular formula is C8H14O3. The van der Waals surface area contributed by atoms with Crippen LogP contribution in [0.1, 0.15) is 27.2 Å². The van der Waals surface area contributed by atoms with E-state index in [0.29, 0.717) is 0 Å². The van der Waals surface area contributed by atoms with E-state index in [-0.39, 0.29) is 18.2 Å². The standard InChI is InChI=1S/C8H14O3/c1-6(9)5-8(2,3)7(10)11-4/h5H2,1-4H3. The smallest absolute Gasteiger partial charge is 0.311 e. The van der Waals surface area contributed by atoms with Crippen LogP contribution in [0, 0.1) is 5.41 Å². The second kappa shape index (κ2) is 3.51. The largest absolute Gasteiger partial charge is 0.469 e. The molecule has 0 saturated heterocycles. The topological polar surface area (TPSA) is 43.4 Å². The predicted molar refractivity (Wildman–Crippen MR) is 41.1 cm³/mol. The van der Waals surface area contributed by atoms with Crippen molar-refractivity contribution in [2.24, 2.45) is 5.41 Å². The van der Waals surface area contributed by atoms with Gasteiger partial charge in [0.05, 0.1) is 12.5 Å². The molecule has 0 aliphatic heterocycles. The van der Waals surface area contributed by atoms with Gasteiger partial charge in [-0.2, -0.15) is 0 Å². The van der Waals surface area contributed by atoms with Gasteiger partial charge in [0, 0.05) is 6.42 Å². The zero-order chi connectivity index (χ0) is 9.07. The van der Waals surface area contributed by atoms with Gasteiger partial charge in [0.1, 0.15) is 5.78 Å². The number of carbonyl (C=O) groups is 2. The Morgan fingerprint density at radius 1 is 1.36 bits per heavy atom. The van der Waals surface area contributed by atoms with Crippen LogP contribution in [0.4, 0.5) is 0 Å². The minimum atomic E-state index is -0.680. The SMILES string of the molecule is COC(=O)C(C)(C)CC(C)=O. The lowest BCUT2D eigenvalue weighted by Crippen LogP contribution is -2.27. The van der Waals surface area contributed by atoms with Crippen molar-refractivity contribution in [1.82, 2.24) is 0 Å². The Morgan fingerprint density at radius 3 is 2.09 bits per heavy atom. The first-order valence-electron chi connectivity index (χ1n) is 3.48. The molecule has 0 spiro atoms. The molecule has 0 saturated carbocycles. The number of rotatable bonds is 3. The highest BCUT2D eigenvalue weighted by molar-refractivity contribution is 5.85. The number of ketones is 1. The molecule has 0 aliphatic carbocycles. The molecule has 0 amide bonds. The molecule has 0 fully saturated rings.